The molecule has 3 aliphatic rings. The summed E-state index contributed by atoms with van der Waals surface area (Å²) < 4.78 is 0. The Morgan fingerprint density at radius 1 is 1.00 bits per heavy atom. The van der Waals surface area contributed by atoms with Gasteiger partial charge in [-0.3, -0.25) is 9.69 Å². The molecule has 1 aromatic rings. The third-order valence-corrected chi connectivity index (χ3v) is 6.71. The van der Waals surface area contributed by atoms with E-state index in [0.717, 1.165) is 44.2 Å². The molecule has 1 N–H and O–H groups in total. The highest BCUT2D eigenvalue weighted by molar-refractivity contribution is 5.78. The molecule has 0 bridgehead atoms. The molecular weight excluding hydrogens is 378 g/mol. The number of urea groups is 1. The second-order valence-electron chi connectivity index (χ2n) is 8.80. The Morgan fingerprint density at radius 2 is 1.77 bits per heavy atom. The maximum atomic E-state index is 12.7. The number of likely N-dealkylation sites (tertiary alicyclic amines) is 1. The third-order valence-electron chi connectivity index (χ3n) is 6.71. The summed E-state index contributed by atoms with van der Waals surface area (Å²) in [5.41, 5.74) is 1.58. The van der Waals surface area contributed by atoms with E-state index in [4.69, 9.17) is 5.26 Å². The number of hydrogen-bond donors (Lipinski definition) is 1. The molecule has 0 spiro atoms. The smallest absolute Gasteiger partial charge is 0.317 e. The van der Waals surface area contributed by atoms with Crippen LogP contribution < -0.4 is 5.32 Å². The van der Waals surface area contributed by atoms with E-state index in [0.29, 0.717) is 31.6 Å². The van der Waals surface area contributed by atoms with E-state index in [1.54, 1.807) is 17.0 Å². The summed E-state index contributed by atoms with van der Waals surface area (Å²) in [5.74, 6) is 0.511. The van der Waals surface area contributed by atoms with Crippen LogP contribution in [0, 0.1) is 17.2 Å². The van der Waals surface area contributed by atoms with Crippen LogP contribution in [0.4, 0.5) is 4.79 Å². The van der Waals surface area contributed by atoms with Crippen molar-refractivity contribution in [3.63, 3.8) is 0 Å². The van der Waals surface area contributed by atoms with Crippen LogP contribution in [0.25, 0.3) is 0 Å². The molecule has 160 valence electrons. The summed E-state index contributed by atoms with van der Waals surface area (Å²) in [7, 11) is 0. The van der Waals surface area contributed by atoms with Crippen LogP contribution in [0.15, 0.2) is 24.3 Å². The summed E-state index contributed by atoms with van der Waals surface area (Å²) in [5, 5.41) is 11.7. The number of nitrogens with one attached hydrogen (secondary N) is 1. The number of nitriles is 1. The second kappa shape index (κ2) is 9.48. The van der Waals surface area contributed by atoms with Crippen molar-refractivity contribution < 1.29 is 9.59 Å². The SMILES string of the molecule is N#Cc1ccc(CNC(=O)N2CC(CC(=O)N3CCCN(C4CCC4)CC3)C2)cc1. The lowest BCUT2D eigenvalue weighted by Crippen LogP contribution is -2.54. The summed E-state index contributed by atoms with van der Waals surface area (Å²) in [6.45, 7) is 5.56. The Morgan fingerprint density at radius 3 is 2.43 bits per heavy atom. The van der Waals surface area contributed by atoms with E-state index in [2.05, 4.69) is 16.3 Å². The van der Waals surface area contributed by atoms with Crippen LogP contribution in [0.5, 0.6) is 0 Å². The van der Waals surface area contributed by atoms with E-state index >= 15 is 0 Å². The monoisotopic (exact) mass is 409 g/mol. The van der Waals surface area contributed by atoms with Gasteiger partial charge in [0, 0.05) is 64.2 Å². The maximum Gasteiger partial charge on any atom is 0.317 e. The van der Waals surface area contributed by atoms with Gasteiger partial charge in [-0.1, -0.05) is 18.6 Å². The van der Waals surface area contributed by atoms with Crippen molar-refractivity contribution in [3.8, 4) is 6.07 Å². The zero-order chi connectivity index (χ0) is 20.9. The third kappa shape index (κ3) is 4.93. The molecule has 7 nitrogen and oxygen atoms in total. The predicted octanol–water partition coefficient (Wildman–Crippen LogP) is 2.18. The van der Waals surface area contributed by atoms with Gasteiger partial charge in [-0.25, -0.2) is 4.79 Å². The lowest BCUT2D eigenvalue weighted by molar-refractivity contribution is -0.133. The molecular formula is C23H31N5O2. The van der Waals surface area contributed by atoms with Gasteiger partial charge < -0.3 is 15.1 Å². The fraction of sp³-hybridized carbons (Fsp3) is 0.609. The standard InChI is InChI=1S/C23H31N5O2/c24-14-18-5-7-19(8-6-18)15-25-23(30)28-16-20(17-28)13-22(29)27-10-2-9-26(11-12-27)21-3-1-4-21/h5-8,20-21H,1-4,9-13,15-17H2,(H,25,30). The van der Waals surface area contributed by atoms with E-state index < -0.39 is 0 Å². The van der Waals surface area contributed by atoms with Crippen LogP contribution in [-0.2, 0) is 11.3 Å². The van der Waals surface area contributed by atoms with Gasteiger partial charge in [-0.2, -0.15) is 5.26 Å². The van der Waals surface area contributed by atoms with Crippen LogP contribution in [0.3, 0.4) is 0 Å². The lowest BCUT2D eigenvalue weighted by Gasteiger charge is -2.39. The maximum absolute atomic E-state index is 12.7. The van der Waals surface area contributed by atoms with Gasteiger partial charge in [-0.15, -0.1) is 0 Å². The zero-order valence-corrected chi connectivity index (χ0v) is 17.6. The molecule has 2 heterocycles. The van der Waals surface area contributed by atoms with E-state index in [1.165, 1.54) is 19.3 Å². The summed E-state index contributed by atoms with van der Waals surface area (Å²) in [6.07, 6.45) is 5.60. The summed E-state index contributed by atoms with van der Waals surface area (Å²) in [6, 6.07) is 9.95. The Bertz CT molecular complexity index is 793. The Balaban J connectivity index is 1.15. The molecule has 1 aliphatic carbocycles. The van der Waals surface area contributed by atoms with Crippen molar-refractivity contribution in [2.45, 2.75) is 44.7 Å². The number of rotatable bonds is 5. The molecule has 7 heteroatoms. The van der Waals surface area contributed by atoms with Crippen molar-refractivity contribution >= 4 is 11.9 Å². The molecule has 3 amide bonds. The Kier molecular flexibility index (Phi) is 6.53. The first-order valence-corrected chi connectivity index (χ1v) is 11.2. The molecule has 3 fully saturated rings. The van der Waals surface area contributed by atoms with E-state index in [9.17, 15) is 9.59 Å². The fourth-order valence-electron chi connectivity index (χ4n) is 4.53. The summed E-state index contributed by atoms with van der Waals surface area (Å²) >= 11 is 0. The second-order valence-corrected chi connectivity index (χ2v) is 8.80. The molecule has 0 unspecified atom stereocenters. The molecule has 2 saturated heterocycles. The molecule has 0 radical (unpaired) electrons. The highest BCUT2D eigenvalue weighted by Gasteiger charge is 2.34. The van der Waals surface area contributed by atoms with Crippen molar-refractivity contribution in [1.29, 1.82) is 5.26 Å². The highest BCUT2D eigenvalue weighted by atomic mass is 16.2. The zero-order valence-electron chi connectivity index (χ0n) is 17.6. The molecule has 0 aromatic heterocycles. The first-order valence-electron chi connectivity index (χ1n) is 11.2. The van der Waals surface area contributed by atoms with Crippen molar-refractivity contribution in [1.82, 2.24) is 20.0 Å². The number of carbonyl (C=O) groups is 2. The molecule has 4 rings (SSSR count). The van der Waals surface area contributed by atoms with Gasteiger partial charge in [0.15, 0.2) is 0 Å². The van der Waals surface area contributed by atoms with Gasteiger partial charge in [0.1, 0.15) is 0 Å². The minimum Gasteiger partial charge on any atom is -0.341 e. The molecule has 30 heavy (non-hydrogen) atoms. The first kappa shape index (κ1) is 20.7. The lowest BCUT2D eigenvalue weighted by atomic mass is 9.91. The fourth-order valence-corrected chi connectivity index (χ4v) is 4.53. The van der Waals surface area contributed by atoms with Gasteiger partial charge in [0.05, 0.1) is 11.6 Å². The van der Waals surface area contributed by atoms with Crippen LogP contribution in [0.2, 0.25) is 0 Å². The minimum absolute atomic E-state index is 0.0889. The van der Waals surface area contributed by atoms with E-state index in [1.807, 2.05) is 17.0 Å². The minimum atomic E-state index is -0.0889. The Labute approximate surface area is 178 Å². The number of nitrogens with zero attached hydrogens (tertiary/aromatic N) is 4. The molecule has 1 aromatic carbocycles. The van der Waals surface area contributed by atoms with Crippen LogP contribution >= 0.6 is 0 Å². The number of amides is 3. The number of carbonyl (C=O) groups excluding carboxylic acids is 2. The highest BCUT2D eigenvalue weighted by Crippen LogP contribution is 2.26. The first-order chi connectivity index (χ1) is 14.6. The van der Waals surface area contributed by atoms with Gasteiger partial charge in [0.25, 0.3) is 0 Å². The number of benzene rings is 1. The largest absolute Gasteiger partial charge is 0.341 e. The average Bonchev–Trinajstić information content (AvgIpc) is 2.93. The predicted molar refractivity (Wildman–Crippen MR) is 113 cm³/mol. The summed E-state index contributed by atoms with van der Waals surface area (Å²) in [4.78, 5) is 31.4. The average molecular weight is 410 g/mol. The van der Waals surface area contributed by atoms with Gasteiger partial charge in [0.2, 0.25) is 5.91 Å². The van der Waals surface area contributed by atoms with Crippen molar-refractivity contribution in [2.24, 2.45) is 5.92 Å². The van der Waals surface area contributed by atoms with Crippen LogP contribution in [-0.4, -0.2) is 71.9 Å². The van der Waals surface area contributed by atoms with Crippen LogP contribution in [0.1, 0.15) is 43.2 Å². The molecule has 1 saturated carbocycles. The van der Waals surface area contributed by atoms with Crippen molar-refractivity contribution in [2.75, 3.05) is 39.3 Å². The van der Waals surface area contributed by atoms with Gasteiger partial charge in [-0.05, 0) is 37.0 Å². The number of hydrogen-bond acceptors (Lipinski definition) is 4. The topological polar surface area (TPSA) is 79.7 Å². The Hall–Kier alpha value is -2.59. The van der Waals surface area contributed by atoms with Gasteiger partial charge >= 0.3 is 6.03 Å². The van der Waals surface area contributed by atoms with E-state index in [-0.39, 0.29) is 17.9 Å². The molecule has 0 atom stereocenters. The van der Waals surface area contributed by atoms with Crippen molar-refractivity contribution in [3.05, 3.63) is 35.4 Å². The quantitative estimate of drug-likeness (QED) is 0.808. The normalized spacial score (nSPS) is 20.6. The molecule has 2 aliphatic heterocycles.